The van der Waals surface area contributed by atoms with Gasteiger partial charge in [0.25, 0.3) is 0 Å². The van der Waals surface area contributed by atoms with E-state index >= 15 is 0 Å². The molecule has 2 nitrogen and oxygen atoms in total. The molecule has 108 valence electrons. The molecule has 0 fully saturated rings. The summed E-state index contributed by atoms with van der Waals surface area (Å²) in [5, 5.41) is 7.44. The number of anilines is 1. The molecule has 3 heteroatoms. The molecule has 0 unspecified atom stereocenters. The van der Waals surface area contributed by atoms with Gasteiger partial charge in [-0.3, -0.25) is 0 Å². The number of aryl methyl sites for hydroxylation is 2. The van der Waals surface area contributed by atoms with E-state index in [9.17, 15) is 0 Å². The van der Waals surface area contributed by atoms with Crippen molar-refractivity contribution in [2.24, 2.45) is 0 Å². The number of fused-ring (bicyclic) bond motifs is 1. The van der Waals surface area contributed by atoms with Crippen molar-refractivity contribution < 1.29 is 0 Å². The highest BCUT2D eigenvalue weighted by molar-refractivity contribution is 7.80. The fourth-order valence-electron chi connectivity index (χ4n) is 3.06. The third-order valence-corrected chi connectivity index (χ3v) is 4.09. The summed E-state index contributed by atoms with van der Waals surface area (Å²) in [6.07, 6.45) is 2.09. The van der Waals surface area contributed by atoms with Crippen molar-refractivity contribution in [3.05, 3.63) is 64.7 Å². The highest BCUT2D eigenvalue weighted by Gasteiger charge is 2.21. The molecule has 0 spiro atoms. The number of hydrogen-bond donors (Lipinski definition) is 2. The molecule has 0 atom stereocenters. The predicted octanol–water partition coefficient (Wildman–Crippen LogP) is 3.76. The van der Waals surface area contributed by atoms with E-state index in [0.29, 0.717) is 11.2 Å². The molecule has 2 aromatic rings. The van der Waals surface area contributed by atoms with Gasteiger partial charge in [-0.05, 0) is 73.3 Å². The Morgan fingerprint density at radius 3 is 2.14 bits per heavy atom. The molecule has 0 amide bonds. The molecule has 0 saturated heterocycles. The van der Waals surface area contributed by atoms with Crippen molar-refractivity contribution in [2.75, 3.05) is 5.32 Å². The average Bonchev–Trinajstić information content (AvgIpc) is 2.78. The minimum absolute atomic E-state index is 0.397. The van der Waals surface area contributed by atoms with Gasteiger partial charge in [0, 0.05) is 11.7 Å². The number of benzene rings is 2. The zero-order chi connectivity index (χ0) is 14.8. The summed E-state index contributed by atoms with van der Waals surface area (Å²) in [6, 6.07) is 15.4. The van der Waals surface area contributed by atoms with Crippen LogP contribution in [0.25, 0.3) is 0 Å². The van der Waals surface area contributed by atoms with E-state index in [1.54, 1.807) is 0 Å². The summed E-state index contributed by atoms with van der Waals surface area (Å²) in [4.78, 5) is 0. The lowest BCUT2D eigenvalue weighted by atomic mass is 10.1. The third kappa shape index (κ3) is 3.42. The lowest BCUT2D eigenvalue weighted by Crippen LogP contribution is -2.38. The van der Waals surface area contributed by atoms with Gasteiger partial charge in [-0.25, -0.2) is 0 Å². The van der Waals surface area contributed by atoms with Crippen molar-refractivity contribution in [1.29, 1.82) is 0 Å². The average molecular weight is 296 g/mol. The van der Waals surface area contributed by atoms with E-state index in [0.717, 1.165) is 18.5 Å². The normalized spacial score (nSPS) is 13.8. The van der Waals surface area contributed by atoms with Crippen LogP contribution in [0.3, 0.4) is 0 Å². The van der Waals surface area contributed by atoms with Crippen LogP contribution >= 0.6 is 12.2 Å². The Balaban J connectivity index is 1.61. The minimum Gasteiger partial charge on any atom is -0.359 e. The van der Waals surface area contributed by atoms with Crippen LogP contribution in [0.2, 0.25) is 0 Å². The summed E-state index contributed by atoms with van der Waals surface area (Å²) >= 11 is 5.45. The second-order valence-corrected chi connectivity index (χ2v) is 6.26. The van der Waals surface area contributed by atoms with Gasteiger partial charge in [0.15, 0.2) is 5.11 Å². The Morgan fingerprint density at radius 2 is 1.57 bits per heavy atom. The van der Waals surface area contributed by atoms with E-state index in [1.807, 2.05) is 0 Å². The van der Waals surface area contributed by atoms with Gasteiger partial charge in [0.1, 0.15) is 0 Å². The van der Waals surface area contributed by atoms with Gasteiger partial charge >= 0.3 is 0 Å². The van der Waals surface area contributed by atoms with Crippen LogP contribution in [-0.4, -0.2) is 11.2 Å². The van der Waals surface area contributed by atoms with E-state index in [1.165, 1.54) is 22.3 Å². The Bertz CT molecular complexity index is 633. The maximum Gasteiger partial charge on any atom is 0.171 e. The first-order valence-corrected chi connectivity index (χ1v) is 7.73. The zero-order valence-electron chi connectivity index (χ0n) is 12.4. The number of nitrogens with one attached hydrogen (secondary N) is 2. The number of rotatable bonds is 2. The van der Waals surface area contributed by atoms with E-state index in [2.05, 4.69) is 66.9 Å². The van der Waals surface area contributed by atoms with Gasteiger partial charge in [-0.15, -0.1) is 0 Å². The molecule has 21 heavy (non-hydrogen) atoms. The Hall–Kier alpha value is -1.87. The molecule has 1 aliphatic rings. The molecule has 0 bridgehead atoms. The first kappa shape index (κ1) is 14.1. The summed E-state index contributed by atoms with van der Waals surface area (Å²) in [6.45, 7) is 4.20. The molecule has 0 saturated carbocycles. The third-order valence-electron chi connectivity index (χ3n) is 3.87. The van der Waals surface area contributed by atoms with E-state index in [4.69, 9.17) is 12.2 Å². The Labute approximate surface area is 131 Å². The molecule has 3 rings (SSSR count). The molecule has 0 aliphatic heterocycles. The van der Waals surface area contributed by atoms with Gasteiger partial charge in [0.2, 0.25) is 0 Å². The minimum atomic E-state index is 0.397. The summed E-state index contributed by atoms with van der Waals surface area (Å²) in [5.41, 5.74) is 6.41. The van der Waals surface area contributed by atoms with Crippen LogP contribution in [-0.2, 0) is 12.8 Å². The molecule has 2 N–H and O–H groups in total. The Kier molecular flexibility index (Phi) is 3.93. The predicted molar refractivity (Wildman–Crippen MR) is 92.9 cm³/mol. The fourth-order valence-corrected chi connectivity index (χ4v) is 3.34. The topological polar surface area (TPSA) is 24.1 Å². The molecular formula is C18H20N2S. The molecule has 0 radical (unpaired) electrons. The van der Waals surface area contributed by atoms with Crippen molar-refractivity contribution in [1.82, 2.24) is 5.32 Å². The summed E-state index contributed by atoms with van der Waals surface area (Å²) < 4.78 is 0. The standard InChI is InChI=1S/C18H20N2S/c1-12-7-13(2)9-16(8-12)19-18(21)20-17-10-14-5-3-4-6-15(14)11-17/h3-9,17H,10-11H2,1-2H3,(H2,19,20,21). The van der Waals surface area contributed by atoms with Crippen LogP contribution < -0.4 is 10.6 Å². The van der Waals surface area contributed by atoms with Crippen molar-refractivity contribution in [3.8, 4) is 0 Å². The van der Waals surface area contributed by atoms with Gasteiger partial charge in [-0.1, -0.05) is 30.3 Å². The van der Waals surface area contributed by atoms with Crippen molar-refractivity contribution >= 4 is 23.0 Å². The van der Waals surface area contributed by atoms with E-state index in [-0.39, 0.29) is 0 Å². The summed E-state index contributed by atoms with van der Waals surface area (Å²) in [7, 11) is 0. The van der Waals surface area contributed by atoms with Crippen LogP contribution in [0.4, 0.5) is 5.69 Å². The second-order valence-electron chi connectivity index (χ2n) is 5.85. The van der Waals surface area contributed by atoms with Crippen molar-refractivity contribution in [3.63, 3.8) is 0 Å². The molecule has 0 heterocycles. The number of hydrogen-bond acceptors (Lipinski definition) is 1. The lowest BCUT2D eigenvalue weighted by molar-refractivity contribution is 0.648. The fraction of sp³-hybridized carbons (Fsp3) is 0.278. The van der Waals surface area contributed by atoms with Crippen LogP contribution in [0.1, 0.15) is 22.3 Å². The van der Waals surface area contributed by atoms with Crippen LogP contribution in [0.15, 0.2) is 42.5 Å². The quantitative estimate of drug-likeness (QED) is 0.825. The molecular weight excluding hydrogens is 276 g/mol. The Morgan fingerprint density at radius 1 is 1.00 bits per heavy atom. The number of thiocarbonyl (C=S) groups is 1. The lowest BCUT2D eigenvalue weighted by Gasteiger charge is -2.16. The SMILES string of the molecule is Cc1cc(C)cc(NC(=S)NC2Cc3ccccc3C2)c1. The molecule has 1 aliphatic carbocycles. The largest absolute Gasteiger partial charge is 0.359 e. The maximum atomic E-state index is 5.45. The smallest absolute Gasteiger partial charge is 0.171 e. The van der Waals surface area contributed by atoms with Gasteiger partial charge in [-0.2, -0.15) is 0 Å². The highest BCUT2D eigenvalue weighted by atomic mass is 32.1. The van der Waals surface area contributed by atoms with Crippen molar-refractivity contribution in [2.45, 2.75) is 32.7 Å². The second kappa shape index (κ2) is 5.86. The van der Waals surface area contributed by atoms with Gasteiger partial charge in [0.05, 0.1) is 0 Å². The van der Waals surface area contributed by atoms with E-state index < -0.39 is 0 Å². The van der Waals surface area contributed by atoms with Gasteiger partial charge < -0.3 is 10.6 Å². The first-order chi connectivity index (χ1) is 10.1. The zero-order valence-corrected chi connectivity index (χ0v) is 13.3. The monoisotopic (exact) mass is 296 g/mol. The maximum absolute atomic E-state index is 5.45. The highest BCUT2D eigenvalue weighted by Crippen LogP contribution is 2.22. The van der Waals surface area contributed by atoms with Crippen LogP contribution in [0.5, 0.6) is 0 Å². The molecule has 2 aromatic carbocycles. The molecule has 0 aromatic heterocycles. The first-order valence-electron chi connectivity index (χ1n) is 7.33. The van der Waals surface area contributed by atoms with Crippen LogP contribution in [0, 0.1) is 13.8 Å². The summed E-state index contributed by atoms with van der Waals surface area (Å²) in [5.74, 6) is 0.